The van der Waals surface area contributed by atoms with E-state index in [1.165, 1.54) is 4.90 Å². The molecule has 4 atom stereocenters. The summed E-state index contributed by atoms with van der Waals surface area (Å²) in [5.41, 5.74) is 7.98. The highest BCUT2D eigenvalue weighted by atomic mass is 79.9. The molecule has 5 nitrogen and oxygen atoms in total. The Hall–Kier alpha value is -1.40. The van der Waals surface area contributed by atoms with Crippen molar-refractivity contribution in [3.8, 4) is 0 Å². The van der Waals surface area contributed by atoms with E-state index >= 15 is 0 Å². The summed E-state index contributed by atoms with van der Waals surface area (Å²) in [6, 6.07) is 5.63. The first-order chi connectivity index (χ1) is 11.4. The average molecular weight is 394 g/mol. The predicted octanol–water partition coefficient (Wildman–Crippen LogP) is 2.53. The van der Waals surface area contributed by atoms with Crippen LogP contribution in [0.15, 0.2) is 22.7 Å². The molecule has 3 rings (SSSR count). The zero-order chi connectivity index (χ0) is 17.4. The van der Waals surface area contributed by atoms with Crippen LogP contribution in [0, 0.1) is 24.7 Å². The van der Waals surface area contributed by atoms with Gasteiger partial charge in [-0.1, -0.05) is 15.9 Å². The van der Waals surface area contributed by atoms with Crippen LogP contribution >= 0.6 is 15.9 Å². The summed E-state index contributed by atoms with van der Waals surface area (Å²) in [6.07, 6.45) is 3.30. The molecule has 1 aromatic rings. The summed E-state index contributed by atoms with van der Waals surface area (Å²) in [7, 11) is 1.69. The molecule has 0 aliphatic heterocycles. The summed E-state index contributed by atoms with van der Waals surface area (Å²) in [5, 5.41) is 2.87. The van der Waals surface area contributed by atoms with E-state index in [0.29, 0.717) is 11.8 Å². The van der Waals surface area contributed by atoms with Crippen molar-refractivity contribution in [2.75, 3.05) is 18.9 Å². The van der Waals surface area contributed by atoms with E-state index in [0.717, 1.165) is 35.0 Å². The maximum absolute atomic E-state index is 12.7. The van der Waals surface area contributed by atoms with Crippen molar-refractivity contribution >= 4 is 33.4 Å². The molecule has 0 aromatic heterocycles. The summed E-state index contributed by atoms with van der Waals surface area (Å²) >= 11 is 3.40. The van der Waals surface area contributed by atoms with E-state index < -0.39 is 0 Å². The average Bonchev–Trinajstić information content (AvgIpc) is 3.10. The maximum Gasteiger partial charge on any atom is 0.243 e. The highest BCUT2D eigenvalue weighted by Crippen LogP contribution is 2.48. The van der Waals surface area contributed by atoms with E-state index in [2.05, 4.69) is 21.2 Å². The minimum absolute atomic E-state index is 0.0115. The number of nitrogens with two attached hydrogens (primary N) is 1. The zero-order valence-corrected chi connectivity index (χ0v) is 15.7. The molecular formula is C18H24BrN3O2. The van der Waals surface area contributed by atoms with Gasteiger partial charge >= 0.3 is 0 Å². The number of carbonyl (C=O) groups is 2. The molecule has 6 heteroatoms. The lowest BCUT2D eigenvalue weighted by Gasteiger charge is -2.30. The van der Waals surface area contributed by atoms with Crippen molar-refractivity contribution in [1.82, 2.24) is 4.90 Å². The van der Waals surface area contributed by atoms with Gasteiger partial charge in [-0.3, -0.25) is 9.59 Å². The number of hydrogen-bond acceptors (Lipinski definition) is 3. The highest BCUT2D eigenvalue weighted by molar-refractivity contribution is 9.10. The quantitative estimate of drug-likeness (QED) is 0.824. The summed E-state index contributed by atoms with van der Waals surface area (Å²) in [6.45, 7) is 1.98. The molecule has 4 unspecified atom stereocenters. The molecule has 3 N–H and O–H groups in total. The number of aryl methyl sites for hydroxylation is 1. The van der Waals surface area contributed by atoms with Crippen molar-refractivity contribution in [3.63, 3.8) is 0 Å². The fourth-order valence-electron chi connectivity index (χ4n) is 4.21. The zero-order valence-electron chi connectivity index (χ0n) is 14.1. The number of fused-ring (bicyclic) bond motifs is 2. The number of likely N-dealkylation sites (N-methyl/N-ethyl adjacent to an activating group) is 1. The van der Waals surface area contributed by atoms with Gasteiger partial charge < -0.3 is 16.0 Å². The molecule has 2 aliphatic carbocycles. The van der Waals surface area contributed by atoms with E-state index in [1.54, 1.807) is 7.05 Å². The third-order valence-electron chi connectivity index (χ3n) is 5.49. The molecule has 2 aliphatic rings. The second-order valence-electron chi connectivity index (χ2n) is 7.14. The molecule has 2 fully saturated rings. The standard InChI is InChI=1S/C18H24BrN3O2/c1-10-7-13(19)5-6-14(10)21-15(23)9-22(2)18(24)16-11-3-4-12(8-11)17(16)20/h5-7,11-12,16-17H,3-4,8-9,20H2,1-2H3,(H,21,23). The van der Waals surface area contributed by atoms with E-state index in [1.807, 2.05) is 25.1 Å². The lowest BCUT2D eigenvalue weighted by atomic mass is 9.84. The molecule has 0 saturated heterocycles. The summed E-state index contributed by atoms with van der Waals surface area (Å²) in [4.78, 5) is 26.5. The van der Waals surface area contributed by atoms with Crippen LogP contribution in [0.1, 0.15) is 24.8 Å². The molecule has 2 saturated carbocycles. The van der Waals surface area contributed by atoms with Gasteiger partial charge in [0.15, 0.2) is 0 Å². The Morgan fingerprint density at radius 2 is 2.04 bits per heavy atom. The second kappa shape index (κ2) is 6.84. The Balaban J connectivity index is 1.59. The number of amides is 2. The van der Waals surface area contributed by atoms with Crippen molar-refractivity contribution < 1.29 is 9.59 Å². The molecule has 0 radical (unpaired) electrons. The monoisotopic (exact) mass is 393 g/mol. The number of anilines is 1. The Morgan fingerprint density at radius 3 is 2.67 bits per heavy atom. The third-order valence-corrected chi connectivity index (χ3v) is 5.98. The van der Waals surface area contributed by atoms with E-state index in [4.69, 9.17) is 5.73 Å². The third kappa shape index (κ3) is 3.35. The van der Waals surface area contributed by atoms with Crippen molar-refractivity contribution in [3.05, 3.63) is 28.2 Å². The normalized spacial score (nSPS) is 28.0. The number of benzene rings is 1. The first-order valence-corrected chi connectivity index (χ1v) is 9.22. The molecule has 130 valence electrons. The first kappa shape index (κ1) is 17.4. The van der Waals surface area contributed by atoms with Crippen LogP contribution in [-0.2, 0) is 9.59 Å². The van der Waals surface area contributed by atoms with Gasteiger partial charge in [0.2, 0.25) is 11.8 Å². The highest BCUT2D eigenvalue weighted by Gasteiger charge is 2.49. The van der Waals surface area contributed by atoms with Crippen LogP contribution in [0.4, 0.5) is 5.69 Å². The molecule has 24 heavy (non-hydrogen) atoms. The first-order valence-electron chi connectivity index (χ1n) is 8.43. The van der Waals surface area contributed by atoms with Crippen LogP contribution in [0.5, 0.6) is 0 Å². The Bertz CT molecular complexity index is 662. The lowest BCUT2D eigenvalue weighted by molar-refractivity contribution is -0.138. The minimum atomic E-state index is -0.187. The van der Waals surface area contributed by atoms with Crippen molar-refractivity contribution in [2.24, 2.45) is 23.5 Å². The number of nitrogens with one attached hydrogen (secondary N) is 1. The molecule has 1 aromatic carbocycles. The fraction of sp³-hybridized carbons (Fsp3) is 0.556. The Labute approximate surface area is 151 Å². The predicted molar refractivity (Wildman–Crippen MR) is 97.4 cm³/mol. The molecule has 2 amide bonds. The van der Waals surface area contributed by atoms with Gasteiger partial charge in [0.25, 0.3) is 0 Å². The van der Waals surface area contributed by atoms with Gasteiger partial charge in [0.1, 0.15) is 0 Å². The Kier molecular flexibility index (Phi) is 4.97. The molecule has 0 heterocycles. The SMILES string of the molecule is Cc1cc(Br)ccc1NC(=O)CN(C)C(=O)C1C2CCC(C2)C1N. The van der Waals surface area contributed by atoms with Crippen molar-refractivity contribution in [2.45, 2.75) is 32.2 Å². The van der Waals surface area contributed by atoms with Crippen LogP contribution in [-0.4, -0.2) is 36.3 Å². The van der Waals surface area contributed by atoms with Gasteiger partial charge in [0, 0.05) is 23.2 Å². The van der Waals surface area contributed by atoms with Crippen LogP contribution < -0.4 is 11.1 Å². The topological polar surface area (TPSA) is 75.4 Å². The molecule has 2 bridgehead atoms. The summed E-state index contributed by atoms with van der Waals surface area (Å²) in [5.74, 6) is 0.592. The molecule has 0 spiro atoms. The van der Waals surface area contributed by atoms with Crippen LogP contribution in [0.2, 0.25) is 0 Å². The smallest absolute Gasteiger partial charge is 0.243 e. The minimum Gasteiger partial charge on any atom is -0.336 e. The summed E-state index contributed by atoms with van der Waals surface area (Å²) < 4.78 is 0.968. The number of carbonyl (C=O) groups excluding carboxylic acids is 2. The number of nitrogens with zero attached hydrogens (tertiary/aromatic N) is 1. The van der Waals surface area contributed by atoms with E-state index in [-0.39, 0.29) is 30.3 Å². The fourth-order valence-corrected chi connectivity index (χ4v) is 4.68. The Morgan fingerprint density at radius 1 is 1.33 bits per heavy atom. The lowest BCUT2D eigenvalue weighted by Crippen LogP contribution is -2.47. The van der Waals surface area contributed by atoms with Crippen LogP contribution in [0.3, 0.4) is 0 Å². The van der Waals surface area contributed by atoms with Gasteiger partial charge in [-0.15, -0.1) is 0 Å². The number of halogens is 1. The number of rotatable bonds is 4. The molecular weight excluding hydrogens is 370 g/mol. The van der Waals surface area contributed by atoms with E-state index in [9.17, 15) is 9.59 Å². The second-order valence-corrected chi connectivity index (χ2v) is 8.05. The van der Waals surface area contributed by atoms with Gasteiger partial charge in [-0.05, 0) is 61.8 Å². The maximum atomic E-state index is 12.7. The van der Waals surface area contributed by atoms with Gasteiger partial charge in [0.05, 0.1) is 12.5 Å². The van der Waals surface area contributed by atoms with Gasteiger partial charge in [-0.2, -0.15) is 0 Å². The van der Waals surface area contributed by atoms with Crippen molar-refractivity contribution in [1.29, 1.82) is 0 Å². The largest absolute Gasteiger partial charge is 0.336 e. The number of hydrogen-bond donors (Lipinski definition) is 2. The van der Waals surface area contributed by atoms with Gasteiger partial charge in [-0.25, -0.2) is 0 Å². The van der Waals surface area contributed by atoms with Crippen LogP contribution in [0.25, 0.3) is 0 Å².